The summed E-state index contributed by atoms with van der Waals surface area (Å²) in [5, 5.41) is 0. The Kier molecular flexibility index (Phi) is 37.1. The van der Waals surface area contributed by atoms with Crippen molar-refractivity contribution in [1.29, 1.82) is 0 Å². The smallest absolute Gasteiger partial charge is 0 e. The van der Waals surface area contributed by atoms with Crippen LogP contribution in [0.2, 0.25) is 0 Å². The van der Waals surface area contributed by atoms with E-state index >= 15 is 0 Å². The van der Waals surface area contributed by atoms with Gasteiger partial charge in [-0.05, 0) is 0 Å². The van der Waals surface area contributed by atoms with Crippen molar-refractivity contribution in [3.05, 3.63) is 0 Å². The molecule has 4 N–H and O–H groups in total. The first kappa shape index (κ1) is 22.4. The van der Waals surface area contributed by atoms with Gasteiger partial charge in [-0.15, -0.1) is 0 Å². The van der Waals surface area contributed by atoms with Crippen LogP contribution in [0, 0.1) is 0 Å². The summed E-state index contributed by atoms with van der Waals surface area (Å²) in [5.74, 6) is 0. The third kappa shape index (κ3) is 601. The summed E-state index contributed by atoms with van der Waals surface area (Å²) in [6.07, 6.45) is 0. The summed E-state index contributed by atoms with van der Waals surface area (Å²) < 4.78 is 17.5. The van der Waals surface area contributed by atoms with Crippen LogP contribution in [-0.2, 0) is 41.6 Å². The number of hydrogen-bond acceptors (Lipinski definition) is 2. The molecule has 57 valence electrons. The normalized spacial score (nSPS) is 4.80. The molecule has 0 aromatic rings. The van der Waals surface area contributed by atoms with E-state index in [1.807, 2.05) is 0 Å². The predicted octanol–water partition coefficient (Wildman–Crippen LogP) is -4.41. The SMILES string of the molecule is O=[Si](O)O.O=[Si](O)O.[GaH3].[Y]. The Bertz CT molecular complexity index is 73.7. The van der Waals surface area contributed by atoms with Crippen molar-refractivity contribution in [1.82, 2.24) is 0 Å². The standard InChI is InChI=1S/Ga.2H2O3Si.Y.3H/c;2*1-4(2)3;;;;/h;2*1-2H;;;;. The van der Waals surface area contributed by atoms with Crippen LogP contribution in [0.1, 0.15) is 0 Å². The van der Waals surface area contributed by atoms with Crippen LogP contribution < -0.4 is 0 Å². The van der Waals surface area contributed by atoms with E-state index in [1.54, 1.807) is 0 Å². The summed E-state index contributed by atoms with van der Waals surface area (Å²) in [7, 11) is -6.26. The molecule has 1 radical (unpaired) electrons. The summed E-state index contributed by atoms with van der Waals surface area (Å²) >= 11 is 0. The second kappa shape index (κ2) is 16.5. The van der Waals surface area contributed by atoms with Crippen molar-refractivity contribution in [2.24, 2.45) is 0 Å². The average molecular weight is 318 g/mol. The molecule has 0 aromatic heterocycles. The van der Waals surface area contributed by atoms with Gasteiger partial charge in [-0.1, -0.05) is 0 Å². The first-order chi connectivity index (χ1) is 3.46. The van der Waals surface area contributed by atoms with Crippen LogP contribution >= 0.6 is 0 Å². The molecular weight excluding hydrogens is 311 g/mol. The minimum absolute atomic E-state index is 0. The van der Waals surface area contributed by atoms with Crippen molar-refractivity contribution < 1.29 is 60.8 Å². The molecule has 0 aliphatic carbocycles. The molecule has 0 aliphatic rings. The van der Waals surface area contributed by atoms with E-state index in [0.717, 1.165) is 0 Å². The fourth-order valence-corrected chi connectivity index (χ4v) is 0. The van der Waals surface area contributed by atoms with Crippen LogP contribution in [0.4, 0.5) is 0 Å². The second-order valence-electron chi connectivity index (χ2n) is 0.565. The number of hydrogen-bond donors (Lipinski definition) is 4. The first-order valence-corrected chi connectivity index (χ1v) is 3.91. The molecule has 0 aromatic carbocycles. The van der Waals surface area contributed by atoms with Crippen LogP contribution in [0.3, 0.4) is 0 Å². The van der Waals surface area contributed by atoms with E-state index in [9.17, 15) is 0 Å². The zero-order valence-corrected chi connectivity index (χ0v) is 9.02. The van der Waals surface area contributed by atoms with Crippen LogP contribution in [0.15, 0.2) is 0 Å². The van der Waals surface area contributed by atoms with E-state index < -0.39 is 18.3 Å². The van der Waals surface area contributed by atoms with E-state index in [4.69, 9.17) is 28.1 Å². The molecule has 0 spiro atoms. The van der Waals surface area contributed by atoms with Gasteiger partial charge >= 0.3 is 38.1 Å². The van der Waals surface area contributed by atoms with Gasteiger partial charge in [-0.2, -0.15) is 0 Å². The molecule has 10 heteroatoms. The van der Waals surface area contributed by atoms with Crippen LogP contribution in [-0.4, -0.2) is 57.3 Å². The summed E-state index contributed by atoms with van der Waals surface area (Å²) in [4.78, 5) is 28.6. The Balaban J connectivity index is -0.0000000300. The van der Waals surface area contributed by atoms with Gasteiger partial charge in [0, 0.05) is 32.7 Å². The van der Waals surface area contributed by atoms with Crippen molar-refractivity contribution in [2.45, 2.75) is 0 Å². The Hall–Kier alpha value is 0.974. The summed E-state index contributed by atoms with van der Waals surface area (Å²) in [5.41, 5.74) is 0. The fraction of sp³-hybridized carbons (Fsp3) is 0. The van der Waals surface area contributed by atoms with Gasteiger partial charge in [-0.3, -0.25) is 8.92 Å². The Labute approximate surface area is 98.0 Å². The fourth-order valence-electron chi connectivity index (χ4n) is 0. The molecular formula is H7GaO6Si2Y. The van der Waals surface area contributed by atoms with E-state index in [2.05, 4.69) is 0 Å². The second-order valence-corrected chi connectivity index (χ2v) is 1.70. The maximum absolute atomic E-state index is 8.74. The number of rotatable bonds is 0. The van der Waals surface area contributed by atoms with Crippen molar-refractivity contribution >= 4 is 38.1 Å². The molecule has 10 heavy (non-hydrogen) atoms. The molecule has 0 bridgehead atoms. The molecule has 0 heterocycles. The molecule has 6 nitrogen and oxygen atoms in total. The van der Waals surface area contributed by atoms with Gasteiger partial charge in [0.2, 0.25) is 0 Å². The van der Waals surface area contributed by atoms with Crippen LogP contribution in [0.25, 0.3) is 0 Å². The molecule has 0 aliphatic heterocycles. The van der Waals surface area contributed by atoms with Gasteiger partial charge in [0.05, 0.1) is 0 Å². The van der Waals surface area contributed by atoms with Gasteiger partial charge in [0.15, 0.2) is 0 Å². The molecule has 0 unspecified atom stereocenters. The zero-order chi connectivity index (χ0) is 7.15. The first-order valence-electron chi connectivity index (χ1n) is 1.30. The van der Waals surface area contributed by atoms with Crippen molar-refractivity contribution in [3.8, 4) is 0 Å². The predicted molar refractivity (Wildman–Crippen MR) is 31.7 cm³/mol. The zero-order valence-electron chi connectivity index (χ0n) is 4.18. The van der Waals surface area contributed by atoms with Crippen molar-refractivity contribution in [3.63, 3.8) is 0 Å². The Morgan fingerprint density at radius 2 is 0.800 bits per heavy atom. The molecule has 0 amide bonds. The minimum atomic E-state index is -3.13. The van der Waals surface area contributed by atoms with E-state index in [-0.39, 0.29) is 52.5 Å². The summed E-state index contributed by atoms with van der Waals surface area (Å²) in [6.45, 7) is 0. The van der Waals surface area contributed by atoms with Crippen LogP contribution in [0.5, 0.6) is 0 Å². The molecule has 0 fully saturated rings. The molecule has 0 atom stereocenters. The summed E-state index contributed by atoms with van der Waals surface area (Å²) in [6, 6.07) is 0. The maximum Gasteiger partial charge on any atom is 0 e. The third-order valence-electron chi connectivity index (χ3n) is 0. The average Bonchev–Trinajstić information content (AvgIpc) is 1.25. The van der Waals surface area contributed by atoms with Gasteiger partial charge in [0.25, 0.3) is 0 Å². The van der Waals surface area contributed by atoms with E-state index in [1.165, 1.54) is 0 Å². The largest absolute Gasteiger partial charge is 0 e. The van der Waals surface area contributed by atoms with Crippen molar-refractivity contribution in [2.75, 3.05) is 0 Å². The quantitative estimate of drug-likeness (QED) is 0.335. The van der Waals surface area contributed by atoms with E-state index in [0.29, 0.717) is 0 Å². The third-order valence-corrected chi connectivity index (χ3v) is 0. The molecule has 0 saturated heterocycles. The monoisotopic (exact) mass is 317 g/mol. The van der Waals surface area contributed by atoms with Gasteiger partial charge in [-0.25, -0.2) is 0 Å². The Morgan fingerprint density at radius 3 is 0.800 bits per heavy atom. The van der Waals surface area contributed by atoms with Gasteiger partial charge < -0.3 is 19.2 Å². The van der Waals surface area contributed by atoms with Gasteiger partial charge in [0.1, 0.15) is 0 Å². The Morgan fingerprint density at radius 1 is 0.800 bits per heavy atom. The molecule has 0 saturated carbocycles. The topological polar surface area (TPSA) is 115 Å². The minimum Gasteiger partial charge on any atom is 0 e. The maximum atomic E-state index is 8.74. The molecule has 0 rings (SSSR count).